The Labute approximate surface area is 173 Å². The lowest BCUT2D eigenvalue weighted by Gasteiger charge is -2.16. The summed E-state index contributed by atoms with van der Waals surface area (Å²) in [6.45, 7) is 3.81. The highest BCUT2D eigenvalue weighted by atomic mass is 32.2. The second-order valence-electron chi connectivity index (χ2n) is 7.84. The van der Waals surface area contributed by atoms with E-state index in [-0.39, 0.29) is 33.2 Å². The van der Waals surface area contributed by atoms with Crippen LogP contribution in [0.3, 0.4) is 0 Å². The van der Waals surface area contributed by atoms with Crippen LogP contribution in [-0.2, 0) is 14.6 Å². The number of carbonyl (C=O) groups excluding carboxylic acids is 1. The monoisotopic (exact) mass is 423 g/mol. The van der Waals surface area contributed by atoms with Gasteiger partial charge >= 0.3 is 0 Å². The molecule has 0 radical (unpaired) electrons. The first-order chi connectivity index (χ1) is 14.4. The molecule has 154 valence electrons. The molecule has 30 heavy (non-hydrogen) atoms. The summed E-state index contributed by atoms with van der Waals surface area (Å²) in [6.07, 6.45) is 3.47. The lowest BCUT2D eigenvalue weighted by atomic mass is 9.93. The summed E-state index contributed by atoms with van der Waals surface area (Å²) in [6, 6.07) is 8.63. The zero-order valence-electron chi connectivity index (χ0n) is 16.7. The molecular formula is C21H21N5O3S. The van der Waals surface area contributed by atoms with Gasteiger partial charge in [0.25, 0.3) is 0 Å². The first kappa shape index (κ1) is 18.9. The van der Waals surface area contributed by atoms with Crippen molar-refractivity contribution in [1.29, 1.82) is 0 Å². The maximum absolute atomic E-state index is 13.5. The normalized spacial score (nSPS) is 19.9. The minimum absolute atomic E-state index is 0.0907. The molecule has 2 unspecified atom stereocenters. The van der Waals surface area contributed by atoms with Crippen molar-refractivity contribution < 1.29 is 13.2 Å². The van der Waals surface area contributed by atoms with Crippen LogP contribution >= 0.6 is 0 Å². The van der Waals surface area contributed by atoms with Crippen LogP contribution in [0.5, 0.6) is 0 Å². The highest BCUT2D eigenvalue weighted by Crippen LogP contribution is 2.40. The molecule has 9 heteroatoms. The molecule has 1 N–H and O–H groups in total. The van der Waals surface area contributed by atoms with Crippen LogP contribution in [0, 0.1) is 12.8 Å². The third kappa shape index (κ3) is 2.68. The number of fused-ring (bicyclic) bond motifs is 3. The van der Waals surface area contributed by atoms with Crippen molar-refractivity contribution in [1.82, 2.24) is 24.6 Å². The van der Waals surface area contributed by atoms with Gasteiger partial charge in [-0.25, -0.2) is 13.4 Å². The number of ketones is 1. The minimum atomic E-state index is -3.93. The van der Waals surface area contributed by atoms with Crippen molar-refractivity contribution in [2.45, 2.75) is 48.9 Å². The number of benzene rings is 1. The molecular weight excluding hydrogens is 402 g/mol. The molecule has 4 aromatic rings. The highest BCUT2D eigenvalue weighted by molar-refractivity contribution is 7.91. The quantitative estimate of drug-likeness (QED) is 0.540. The Hall–Kier alpha value is -3.07. The van der Waals surface area contributed by atoms with Crippen LogP contribution in [0.15, 0.2) is 46.5 Å². The second-order valence-corrected chi connectivity index (χ2v) is 9.67. The summed E-state index contributed by atoms with van der Waals surface area (Å²) in [5, 5.41) is 8.49. The minimum Gasteiger partial charge on any atom is -0.345 e. The van der Waals surface area contributed by atoms with Crippen molar-refractivity contribution in [3.63, 3.8) is 0 Å². The number of sulfone groups is 1. The Balaban J connectivity index is 1.80. The van der Waals surface area contributed by atoms with Crippen molar-refractivity contribution in [2.24, 2.45) is 5.92 Å². The molecule has 1 aromatic carbocycles. The number of rotatable bonds is 4. The fourth-order valence-corrected chi connectivity index (χ4v) is 6.03. The van der Waals surface area contributed by atoms with E-state index in [9.17, 15) is 13.2 Å². The van der Waals surface area contributed by atoms with Gasteiger partial charge in [0.05, 0.1) is 10.4 Å². The maximum Gasteiger partial charge on any atom is 0.228 e. The maximum atomic E-state index is 13.5. The van der Waals surface area contributed by atoms with Crippen molar-refractivity contribution in [2.75, 3.05) is 0 Å². The number of aryl methyl sites for hydroxylation is 1. The third-order valence-electron chi connectivity index (χ3n) is 6.04. The number of hydrogen-bond donors (Lipinski definition) is 1. The lowest BCUT2D eigenvalue weighted by Crippen LogP contribution is -2.12. The number of H-pyrrole nitrogens is 1. The number of nitrogens with one attached hydrogen (secondary N) is 1. The van der Waals surface area contributed by atoms with Crippen LogP contribution in [0.25, 0.3) is 16.8 Å². The summed E-state index contributed by atoms with van der Waals surface area (Å²) in [7, 11) is -3.93. The van der Waals surface area contributed by atoms with Gasteiger partial charge < -0.3 is 4.98 Å². The van der Waals surface area contributed by atoms with Crippen LogP contribution in [0.1, 0.15) is 43.5 Å². The third-order valence-corrected chi connectivity index (χ3v) is 7.86. The predicted molar refractivity (Wildman–Crippen MR) is 110 cm³/mol. The van der Waals surface area contributed by atoms with Gasteiger partial charge in [0.15, 0.2) is 11.3 Å². The summed E-state index contributed by atoms with van der Waals surface area (Å²) in [5.74, 6) is 0.905. The molecule has 1 aliphatic rings. The smallest absolute Gasteiger partial charge is 0.228 e. The van der Waals surface area contributed by atoms with E-state index in [1.165, 1.54) is 0 Å². The first-order valence-electron chi connectivity index (χ1n) is 9.96. The van der Waals surface area contributed by atoms with Crippen LogP contribution in [-0.4, -0.2) is 38.8 Å². The number of aromatic amines is 1. The van der Waals surface area contributed by atoms with Crippen LogP contribution in [0.2, 0.25) is 0 Å². The molecule has 1 saturated carbocycles. The molecule has 1 aliphatic carbocycles. The van der Waals surface area contributed by atoms with Gasteiger partial charge in [0.2, 0.25) is 14.9 Å². The molecule has 8 nitrogen and oxygen atoms in total. The van der Waals surface area contributed by atoms with Crippen molar-refractivity contribution in [3.05, 3.63) is 47.9 Å². The Kier molecular flexibility index (Phi) is 4.25. The number of nitrogens with zero attached hydrogens (tertiary/aromatic N) is 4. The number of hydrogen-bond acceptors (Lipinski definition) is 6. The SMILES string of the molecule is CCC1CC(=O)CC1c1nnc2c(S(=O)(=O)c3ccccc3C)nc3[nH]ccc3n12. The van der Waals surface area contributed by atoms with Gasteiger partial charge in [-0.15, -0.1) is 10.2 Å². The van der Waals surface area contributed by atoms with E-state index in [2.05, 4.69) is 27.1 Å². The van der Waals surface area contributed by atoms with Crippen molar-refractivity contribution in [3.8, 4) is 0 Å². The van der Waals surface area contributed by atoms with E-state index >= 15 is 0 Å². The van der Waals surface area contributed by atoms with Gasteiger partial charge in [-0.3, -0.25) is 9.20 Å². The summed E-state index contributed by atoms with van der Waals surface area (Å²) < 4.78 is 28.8. The van der Waals surface area contributed by atoms with E-state index in [1.807, 2.05) is 6.07 Å². The second kappa shape index (κ2) is 6.73. The standard InChI is InChI=1S/C21H21N5O3S/c1-3-13-10-14(27)11-15(13)19-24-25-20-21(23-18-16(26(19)20)8-9-22-18)30(28,29)17-7-5-4-6-12(17)2/h4-9,13,15,22H,3,10-11H2,1-2H3. The van der Waals surface area contributed by atoms with Gasteiger partial charge in [0, 0.05) is 25.0 Å². The summed E-state index contributed by atoms with van der Waals surface area (Å²) in [5.41, 5.74) is 1.96. The molecule has 5 rings (SSSR count). The van der Waals surface area contributed by atoms with E-state index < -0.39 is 9.84 Å². The van der Waals surface area contributed by atoms with E-state index in [4.69, 9.17) is 0 Å². The summed E-state index contributed by atoms with van der Waals surface area (Å²) >= 11 is 0. The van der Waals surface area contributed by atoms with E-state index in [0.29, 0.717) is 35.4 Å². The Morgan fingerprint density at radius 3 is 2.73 bits per heavy atom. The van der Waals surface area contributed by atoms with E-state index in [0.717, 1.165) is 6.42 Å². The predicted octanol–water partition coefficient (Wildman–Crippen LogP) is 3.22. The molecule has 0 saturated heterocycles. The van der Waals surface area contributed by atoms with Crippen LogP contribution < -0.4 is 0 Å². The average molecular weight is 423 g/mol. The van der Waals surface area contributed by atoms with Gasteiger partial charge in [-0.05, 0) is 30.5 Å². The molecule has 2 atom stereocenters. The largest absolute Gasteiger partial charge is 0.345 e. The fraction of sp³-hybridized carbons (Fsp3) is 0.333. The molecule has 3 aromatic heterocycles. The molecule has 0 spiro atoms. The summed E-state index contributed by atoms with van der Waals surface area (Å²) in [4.78, 5) is 19.8. The Bertz CT molecular complexity index is 1400. The zero-order chi connectivity index (χ0) is 21.0. The first-order valence-corrected chi connectivity index (χ1v) is 11.4. The van der Waals surface area contributed by atoms with E-state index in [1.54, 1.807) is 41.8 Å². The van der Waals surface area contributed by atoms with Crippen LogP contribution in [0.4, 0.5) is 0 Å². The van der Waals surface area contributed by atoms with Gasteiger partial charge in [0.1, 0.15) is 11.6 Å². The highest BCUT2D eigenvalue weighted by Gasteiger charge is 2.37. The molecule has 3 heterocycles. The number of Topliss-reactive ketones (excluding diaryl/α,β-unsaturated/α-hetero) is 1. The van der Waals surface area contributed by atoms with Gasteiger partial charge in [-0.2, -0.15) is 0 Å². The topological polar surface area (TPSA) is 110 Å². The van der Waals surface area contributed by atoms with Crippen molar-refractivity contribution >= 4 is 32.4 Å². The molecule has 0 amide bonds. The fourth-order valence-electron chi connectivity index (χ4n) is 4.49. The average Bonchev–Trinajstić information content (AvgIpc) is 3.44. The Morgan fingerprint density at radius 2 is 1.97 bits per heavy atom. The lowest BCUT2D eigenvalue weighted by molar-refractivity contribution is -0.117. The molecule has 1 fully saturated rings. The Morgan fingerprint density at radius 1 is 1.17 bits per heavy atom. The zero-order valence-corrected chi connectivity index (χ0v) is 17.5. The van der Waals surface area contributed by atoms with Gasteiger partial charge in [-0.1, -0.05) is 31.5 Å². The molecule has 0 bridgehead atoms. The number of aromatic nitrogens is 5. The molecule has 0 aliphatic heterocycles. The number of carbonyl (C=O) groups is 1.